The summed E-state index contributed by atoms with van der Waals surface area (Å²) in [4.78, 5) is 27.2. The van der Waals surface area contributed by atoms with E-state index in [0.29, 0.717) is 23.0 Å². The van der Waals surface area contributed by atoms with Crippen LogP contribution in [0.2, 0.25) is 5.02 Å². The van der Waals surface area contributed by atoms with E-state index in [0.717, 1.165) is 11.8 Å². The fourth-order valence-electron chi connectivity index (χ4n) is 3.48. The summed E-state index contributed by atoms with van der Waals surface area (Å²) in [5.74, 6) is 0.158. The molecule has 2 aromatic rings. The molecule has 10 heteroatoms. The minimum absolute atomic E-state index is 0.0767. The first kappa shape index (κ1) is 27.5. The summed E-state index contributed by atoms with van der Waals surface area (Å²) in [7, 11) is -1.99. The number of methoxy groups -OCH3 is 1. The van der Waals surface area contributed by atoms with Gasteiger partial charge in [-0.3, -0.25) is 13.9 Å². The highest BCUT2D eigenvalue weighted by molar-refractivity contribution is 7.92. The predicted octanol–water partition coefficient (Wildman–Crippen LogP) is 3.45. The van der Waals surface area contributed by atoms with E-state index in [4.69, 9.17) is 16.3 Å². The van der Waals surface area contributed by atoms with Gasteiger partial charge in [0.1, 0.15) is 11.8 Å². The number of rotatable bonds is 12. The van der Waals surface area contributed by atoms with E-state index >= 15 is 0 Å². The average molecular weight is 510 g/mol. The van der Waals surface area contributed by atoms with E-state index in [1.807, 2.05) is 25.1 Å². The maximum absolute atomic E-state index is 13.2. The molecule has 0 radical (unpaired) electrons. The summed E-state index contributed by atoms with van der Waals surface area (Å²) >= 11 is 5.92. The first-order valence-electron chi connectivity index (χ1n) is 11.0. The Kier molecular flexibility index (Phi) is 10.2. The van der Waals surface area contributed by atoms with Crippen molar-refractivity contribution in [1.29, 1.82) is 0 Å². The van der Waals surface area contributed by atoms with Gasteiger partial charge in [-0.15, -0.1) is 0 Å². The number of likely N-dealkylation sites (N-methyl/N-ethyl adjacent to an activating group) is 1. The molecule has 0 aromatic heterocycles. The highest BCUT2D eigenvalue weighted by Crippen LogP contribution is 2.22. The fourth-order valence-corrected chi connectivity index (χ4v) is 4.57. The largest absolute Gasteiger partial charge is 0.497 e. The Morgan fingerprint density at radius 1 is 1.15 bits per heavy atom. The van der Waals surface area contributed by atoms with E-state index in [2.05, 4.69) is 5.32 Å². The SMILES string of the molecule is CCNC(=O)[C@H](C)N(Cc1cccc(OC)c1)C(=O)CCCN(c1ccc(Cl)cc1)S(C)(=O)=O. The van der Waals surface area contributed by atoms with Crippen LogP contribution in [0.4, 0.5) is 5.69 Å². The van der Waals surface area contributed by atoms with Gasteiger partial charge < -0.3 is 15.0 Å². The molecule has 0 unspecified atom stereocenters. The normalized spacial score (nSPS) is 12.0. The molecule has 0 saturated carbocycles. The van der Waals surface area contributed by atoms with Crippen LogP contribution in [0.15, 0.2) is 48.5 Å². The zero-order valence-electron chi connectivity index (χ0n) is 20.0. The molecule has 1 N–H and O–H groups in total. The molecule has 0 fully saturated rings. The maximum Gasteiger partial charge on any atom is 0.242 e. The third-order valence-electron chi connectivity index (χ3n) is 5.27. The second-order valence-corrected chi connectivity index (χ2v) is 10.2. The van der Waals surface area contributed by atoms with Gasteiger partial charge in [0.25, 0.3) is 0 Å². The van der Waals surface area contributed by atoms with Crippen LogP contribution in [-0.2, 0) is 26.2 Å². The molecule has 8 nitrogen and oxygen atoms in total. The molecule has 2 amide bonds. The standard InChI is InChI=1S/C24H32ClN3O5S/c1-5-26-24(30)18(2)27(17-19-8-6-9-22(16-19)33-3)23(29)10-7-15-28(34(4,31)32)21-13-11-20(25)12-14-21/h6,8-9,11-14,16,18H,5,7,10,15,17H2,1-4H3,(H,26,30)/t18-/m0/s1. The molecule has 0 aliphatic carbocycles. The van der Waals surface area contributed by atoms with Gasteiger partial charge in [0, 0.05) is 31.1 Å². The molecule has 1 atom stereocenters. The van der Waals surface area contributed by atoms with Crippen LogP contribution in [0.1, 0.15) is 32.3 Å². The number of anilines is 1. The molecule has 0 bridgehead atoms. The predicted molar refractivity (Wildman–Crippen MR) is 135 cm³/mol. The number of ether oxygens (including phenoxy) is 1. The van der Waals surface area contributed by atoms with Crippen LogP contribution < -0.4 is 14.4 Å². The third kappa shape index (κ3) is 7.92. The van der Waals surface area contributed by atoms with E-state index in [1.54, 1.807) is 44.4 Å². The summed E-state index contributed by atoms with van der Waals surface area (Å²) in [6.45, 7) is 4.29. The minimum Gasteiger partial charge on any atom is -0.497 e. The van der Waals surface area contributed by atoms with Crippen LogP contribution in [0, 0.1) is 0 Å². The maximum atomic E-state index is 13.2. The Balaban J connectivity index is 2.16. The molecule has 34 heavy (non-hydrogen) atoms. The number of benzene rings is 2. The Hall–Kier alpha value is -2.78. The van der Waals surface area contributed by atoms with E-state index < -0.39 is 16.1 Å². The number of carbonyl (C=O) groups is 2. The van der Waals surface area contributed by atoms with Crippen molar-refractivity contribution in [2.45, 2.75) is 39.3 Å². The molecule has 186 valence electrons. The number of sulfonamides is 1. The lowest BCUT2D eigenvalue weighted by Crippen LogP contribution is -2.47. The molecular formula is C24H32ClN3O5S. The van der Waals surface area contributed by atoms with Gasteiger partial charge in [-0.1, -0.05) is 23.7 Å². The highest BCUT2D eigenvalue weighted by atomic mass is 35.5. The van der Waals surface area contributed by atoms with Crippen molar-refractivity contribution in [2.75, 3.05) is 30.8 Å². The number of hydrogen-bond acceptors (Lipinski definition) is 5. The monoisotopic (exact) mass is 509 g/mol. The van der Waals surface area contributed by atoms with Gasteiger partial charge in [0.15, 0.2) is 0 Å². The van der Waals surface area contributed by atoms with Crippen LogP contribution in [0.5, 0.6) is 5.75 Å². The first-order chi connectivity index (χ1) is 16.1. The second kappa shape index (κ2) is 12.6. The number of carbonyl (C=O) groups excluding carboxylic acids is 2. The van der Waals surface area contributed by atoms with Crippen molar-refractivity contribution in [3.8, 4) is 5.75 Å². The summed E-state index contributed by atoms with van der Waals surface area (Å²) in [6, 6.07) is 13.1. The second-order valence-electron chi connectivity index (χ2n) is 7.86. The molecule has 0 aliphatic heterocycles. The van der Waals surface area contributed by atoms with Crippen LogP contribution >= 0.6 is 11.6 Å². The lowest BCUT2D eigenvalue weighted by Gasteiger charge is -2.29. The number of nitrogens with one attached hydrogen (secondary N) is 1. The minimum atomic E-state index is -3.56. The van der Waals surface area contributed by atoms with Crippen LogP contribution in [-0.4, -0.2) is 57.6 Å². The molecule has 0 spiro atoms. The number of hydrogen-bond donors (Lipinski definition) is 1. The van der Waals surface area contributed by atoms with Gasteiger partial charge >= 0.3 is 0 Å². The average Bonchev–Trinajstić information content (AvgIpc) is 2.80. The number of nitrogens with zero attached hydrogens (tertiary/aromatic N) is 2. The van der Waals surface area contributed by atoms with Crippen LogP contribution in [0.25, 0.3) is 0 Å². The molecule has 0 heterocycles. The first-order valence-corrected chi connectivity index (χ1v) is 13.2. The van der Waals surface area contributed by atoms with Gasteiger partial charge in [-0.25, -0.2) is 8.42 Å². The van der Waals surface area contributed by atoms with Gasteiger partial charge in [-0.05, 0) is 62.2 Å². The van der Waals surface area contributed by atoms with Crippen molar-refractivity contribution in [3.63, 3.8) is 0 Å². The Bertz CT molecular complexity index is 1080. The van der Waals surface area contributed by atoms with E-state index in [1.165, 1.54) is 9.21 Å². The molecule has 2 rings (SSSR count). The topological polar surface area (TPSA) is 96.0 Å². The molecular weight excluding hydrogens is 478 g/mol. The van der Waals surface area contributed by atoms with Gasteiger partial charge in [0.2, 0.25) is 21.8 Å². The summed E-state index contributed by atoms with van der Waals surface area (Å²) in [6.07, 6.45) is 1.48. The van der Waals surface area contributed by atoms with Crippen molar-refractivity contribution in [2.24, 2.45) is 0 Å². The quantitative estimate of drug-likeness (QED) is 0.472. The lowest BCUT2D eigenvalue weighted by atomic mass is 10.1. The van der Waals surface area contributed by atoms with Crippen molar-refractivity contribution < 1.29 is 22.7 Å². The smallest absolute Gasteiger partial charge is 0.242 e. The van der Waals surface area contributed by atoms with Crippen molar-refractivity contribution >= 4 is 39.1 Å². The van der Waals surface area contributed by atoms with Crippen molar-refractivity contribution in [3.05, 3.63) is 59.1 Å². The Morgan fingerprint density at radius 2 is 1.82 bits per heavy atom. The highest BCUT2D eigenvalue weighted by Gasteiger charge is 2.26. The Morgan fingerprint density at radius 3 is 2.41 bits per heavy atom. The lowest BCUT2D eigenvalue weighted by molar-refractivity contribution is -0.140. The van der Waals surface area contributed by atoms with Gasteiger partial charge in [-0.2, -0.15) is 0 Å². The summed E-state index contributed by atoms with van der Waals surface area (Å²) in [5, 5.41) is 3.25. The van der Waals surface area contributed by atoms with E-state index in [-0.39, 0.29) is 37.7 Å². The zero-order chi connectivity index (χ0) is 25.3. The Labute approximate surface area is 206 Å². The van der Waals surface area contributed by atoms with Gasteiger partial charge in [0.05, 0.1) is 19.1 Å². The molecule has 0 saturated heterocycles. The zero-order valence-corrected chi connectivity index (χ0v) is 21.5. The van der Waals surface area contributed by atoms with Crippen molar-refractivity contribution in [1.82, 2.24) is 10.2 Å². The van der Waals surface area contributed by atoms with E-state index in [9.17, 15) is 18.0 Å². The fraction of sp³-hybridized carbons (Fsp3) is 0.417. The summed E-state index contributed by atoms with van der Waals surface area (Å²) in [5.41, 5.74) is 1.30. The van der Waals surface area contributed by atoms with Crippen LogP contribution in [0.3, 0.4) is 0 Å². The third-order valence-corrected chi connectivity index (χ3v) is 6.72. The number of halogens is 1. The number of amides is 2. The molecule has 2 aromatic carbocycles. The molecule has 0 aliphatic rings. The summed E-state index contributed by atoms with van der Waals surface area (Å²) < 4.78 is 31.2.